The van der Waals surface area contributed by atoms with E-state index < -0.39 is 0 Å². The van der Waals surface area contributed by atoms with Crippen LogP contribution >= 0.6 is 11.8 Å². The fraction of sp³-hybridized carbons (Fsp3) is 0.600. The van der Waals surface area contributed by atoms with E-state index >= 15 is 0 Å². The second-order valence-electron chi connectivity index (χ2n) is 4.74. The molecule has 0 amide bonds. The summed E-state index contributed by atoms with van der Waals surface area (Å²) in [7, 11) is 0. The lowest BCUT2D eigenvalue weighted by atomic mass is 10.00. The molecule has 2 heteroatoms. The second-order valence-corrected chi connectivity index (χ2v) is 5.72. The number of hydrogen-bond acceptors (Lipinski definition) is 2. The number of benzene rings is 1. The van der Waals surface area contributed by atoms with Crippen LogP contribution in [0.25, 0.3) is 0 Å². The van der Waals surface area contributed by atoms with Gasteiger partial charge in [0.1, 0.15) is 0 Å². The third-order valence-corrected chi connectivity index (χ3v) is 3.82. The first kappa shape index (κ1) is 14.6. The van der Waals surface area contributed by atoms with Crippen LogP contribution in [0.15, 0.2) is 18.2 Å². The monoisotopic (exact) mass is 251 g/mol. The smallest absolute Gasteiger partial charge is 0.0294 e. The Morgan fingerprint density at radius 1 is 1.24 bits per heavy atom. The SMILES string of the molecule is CSCCCCNC(C)c1cc(C)ccc1C. The average molecular weight is 251 g/mol. The van der Waals surface area contributed by atoms with Crippen LogP contribution < -0.4 is 5.32 Å². The Kier molecular flexibility index (Phi) is 6.68. The minimum absolute atomic E-state index is 0.462. The molecule has 0 aliphatic rings. The van der Waals surface area contributed by atoms with Gasteiger partial charge in [0.2, 0.25) is 0 Å². The molecule has 0 aliphatic heterocycles. The van der Waals surface area contributed by atoms with E-state index in [2.05, 4.69) is 50.5 Å². The van der Waals surface area contributed by atoms with Crippen LogP contribution in [-0.2, 0) is 0 Å². The fourth-order valence-electron chi connectivity index (χ4n) is 2.03. The molecule has 1 N–H and O–H groups in total. The molecule has 0 fully saturated rings. The predicted molar refractivity (Wildman–Crippen MR) is 79.9 cm³/mol. The van der Waals surface area contributed by atoms with Crippen molar-refractivity contribution in [1.82, 2.24) is 5.32 Å². The van der Waals surface area contributed by atoms with E-state index in [4.69, 9.17) is 0 Å². The predicted octanol–water partition coefficient (Wildman–Crippen LogP) is 4.10. The van der Waals surface area contributed by atoms with Gasteiger partial charge in [0.05, 0.1) is 0 Å². The highest BCUT2D eigenvalue weighted by Gasteiger charge is 2.07. The van der Waals surface area contributed by atoms with Crippen molar-refractivity contribution < 1.29 is 0 Å². The summed E-state index contributed by atoms with van der Waals surface area (Å²) in [5, 5.41) is 3.62. The van der Waals surface area contributed by atoms with Gasteiger partial charge in [-0.1, -0.05) is 23.8 Å². The molecular weight excluding hydrogens is 226 g/mol. The Labute approximate surface area is 110 Å². The van der Waals surface area contributed by atoms with Crippen molar-refractivity contribution in [2.24, 2.45) is 0 Å². The van der Waals surface area contributed by atoms with E-state index in [1.54, 1.807) is 0 Å². The van der Waals surface area contributed by atoms with Crippen LogP contribution in [0.3, 0.4) is 0 Å². The van der Waals surface area contributed by atoms with Gasteiger partial charge in [0.25, 0.3) is 0 Å². The summed E-state index contributed by atoms with van der Waals surface area (Å²) in [6.07, 6.45) is 4.76. The molecule has 0 saturated heterocycles. The van der Waals surface area contributed by atoms with Gasteiger partial charge in [-0.2, -0.15) is 11.8 Å². The van der Waals surface area contributed by atoms with Gasteiger partial charge >= 0.3 is 0 Å². The zero-order valence-electron chi connectivity index (χ0n) is 11.5. The molecule has 0 aliphatic carbocycles. The van der Waals surface area contributed by atoms with Crippen LogP contribution in [0, 0.1) is 13.8 Å². The summed E-state index contributed by atoms with van der Waals surface area (Å²) < 4.78 is 0. The molecule has 1 rings (SSSR count). The largest absolute Gasteiger partial charge is 0.310 e. The van der Waals surface area contributed by atoms with Gasteiger partial charge in [-0.3, -0.25) is 0 Å². The maximum Gasteiger partial charge on any atom is 0.0294 e. The van der Waals surface area contributed by atoms with Gasteiger partial charge < -0.3 is 5.32 Å². The van der Waals surface area contributed by atoms with Crippen molar-refractivity contribution in [3.8, 4) is 0 Å². The van der Waals surface area contributed by atoms with Crippen molar-refractivity contribution in [2.45, 2.75) is 39.7 Å². The third kappa shape index (κ3) is 5.13. The molecule has 1 nitrogen and oxygen atoms in total. The quantitative estimate of drug-likeness (QED) is 0.732. The number of rotatable bonds is 7. The van der Waals surface area contributed by atoms with Crippen LogP contribution in [0.2, 0.25) is 0 Å². The topological polar surface area (TPSA) is 12.0 Å². The standard InChI is InChI=1S/C15H25NS/c1-12-7-8-13(2)15(11-12)14(3)16-9-5-6-10-17-4/h7-8,11,14,16H,5-6,9-10H2,1-4H3. The maximum atomic E-state index is 3.62. The summed E-state index contributed by atoms with van der Waals surface area (Å²) in [5.74, 6) is 1.28. The minimum atomic E-state index is 0.462. The molecule has 1 aromatic rings. The Balaban J connectivity index is 2.41. The van der Waals surface area contributed by atoms with Crippen molar-refractivity contribution in [3.05, 3.63) is 34.9 Å². The zero-order chi connectivity index (χ0) is 12.7. The van der Waals surface area contributed by atoms with E-state index in [1.165, 1.54) is 35.3 Å². The molecular formula is C15H25NS. The van der Waals surface area contributed by atoms with E-state index in [0.29, 0.717) is 6.04 Å². The van der Waals surface area contributed by atoms with Crippen LogP contribution in [0.5, 0.6) is 0 Å². The first-order valence-electron chi connectivity index (χ1n) is 6.44. The number of hydrogen-bond donors (Lipinski definition) is 1. The van der Waals surface area contributed by atoms with E-state index in [9.17, 15) is 0 Å². The zero-order valence-corrected chi connectivity index (χ0v) is 12.4. The first-order valence-corrected chi connectivity index (χ1v) is 7.84. The van der Waals surface area contributed by atoms with Gasteiger partial charge in [0, 0.05) is 6.04 Å². The first-order chi connectivity index (χ1) is 8.15. The second kappa shape index (κ2) is 7.78. The molecule has 0 bridgehead atoms. The molecule has 1 unspecified atom stereocenters. The van der Waals surface area contributed by atoms with Crippen molar-refractivity contribution >= 4 is 11.8 Å². The fourth-order valence-corrected chi connectivity index (χ4v) is 2.52. The van der Waals surface area contributed by atoms with Crippen LogP contribution in [-0.4, -0.2) is 18.6 Å². The Bertz CT molecular complexity index is 336. The lowest BCUT2D eigenvalue weighted by molar-refractivity contribution is 0.553. The molecule has 1 aromatic carbocycles. The Morgan fingerprint density at radius 3 is 2.71 bits per heavy atom. The summed E-state index contributed by atoms with van der Waals surface area (Å²) >= 11 is 1.93. The molecule has 0 spiro atoms. The van der Waals surface area contributed by atoms with Gasteiger partial charge in [-0.15, -0.1) is 0 Å². The minimum Gasteiger partial charge on any atom is -0.310 e. The molecule has 96 valence electrons. The molecule has 0 radical (unpaired) electrons. The normalized spacial score (nSPS) is 12.7. The van der Waals surface area contributed by atoms with E-state index in [1.807, 2.05) is 11.8 Å². The third-order valence-electron chi connectivity index (χ3n) is 3.13. The highest BCUT2D eigenvalue weighted by molar-refractivity contribution is 7.98. The average Bonchev–Trinajstić information content (AvgIpc) is 2.32. The highest BCUT2D eigenvalue weighted by atomic mass is 32.2. The molecule has 0 aromatic heterocycles. The van der Waals surface area contributed by atoms with Crippen molar-refractivity contribution in [1.29, 1.82) is 0 Å². The summed E-state index contributed by atoms with van der Waals surface area (Å²) in [5.41, 5.74) is 4.18. The molecule has 1 atom stereocenters. The number of nitrogens with one attached hydrogen (secondary N) is 1. The Morgan fingerprint density at radius 2 is 2.00 bits per heavy atom. The summed E-state index contributed by atoms with van der Waals surface area (Å²) in [4.78, 5) is 0. The highest BCUT2D eigenvalue weighted by Crippen LogP contribution is 2.18. The number of aryl methyl sites for hydroxylation is 2. The number of unbranched alkanes of at least 4 members (excludes halogenated alkanes) is 1. The summed E-state index contributed by atoms with van der Waals surface area (Å²) in [6, 6.07) is 7.17. The van der Waals surface area contributed by atoms with E-state index in [-0.39, 0.29) is 0 Å². The Hall–Kier alpha value is -0.470. The lowest BCUT2D eigenvalue weighted by Gasteiger charge is -2.17. The van der Waals surface area contributed by atoms with Crippen molar-refractivity contribution in [2.75, 3.05) is 18.6 Å². The van der Waals surface area contributed by atoms with Crippen LogP contribution in [0.4, 0.5) is 0 Å². The van der Waals surface area contributed by atoms with E-state index in [0.717, 1.165) is 6.54 Å². The van der Waals surface area contributed by atoms with Gasteiger partial charge in [-0.25, -0.2) is 0 Å². The summed E-state index contributed by atoms with van der Waals surface area (Å²) in [6.45, 7) is 7.74. The van der Waals surface area contributed by atoms with Crippen LogP contribution in [0.1, 0.15) is 42.5 Å². The van der Waals surface area contributed by atoms with Gasteiger partial charge in [-0.05, 0) is 63.3 Å². The lowest BCUT2D eigenvalue weighted by Crippen LogP contribution is -2.20. The number of thioether (sulfide) groups is 1. The molecule has 0 saturated carbocycles. The molecule has 0 heterocycles. The van der Waals surface area contributed by atoms with Gasteiger partial charge in [0.15, 0.2) is 0 Å². The maximum absolute atomic E-state index is 3.62. The molecule has 17 heavy (non-hydrogen) atoms. The van der Waals surface area contributed by atoms with Crippen molar-refractivity contribution in [3.63, 3.8) is 0 Å².